The van der Waals surface area contributed by atoms with E-state index in [9.17, 15) is 14.4 Å². The Morgan fingerprint density at radius 1 is 1.14 bits per heavy atom. The number of aromatic nitrogens is 2. The number of fused-ring (bicyclic) bond motifs is 1. The minimum absolute atomic E-state index is 0.0163. The molecule has 0 fully saturated rings. The maximum absolute atomic E-state index is 12.6. The van der Waals surface area contributed by atoms with Gasteiger partial charge in [-0.05, 0) is 18.2 Å². The molecule has 29 heavy (non-hydrogen) atoms. The summed E-state index contributed by atoms with van der Waals surface area (Å²) in [5.74, 6) is 0.0225. The predicted molar refractivity (Wildman–Crippen MR) is 110 cm³/mol. The Morgan fingerprint density at radius 2 is 1.86 bits per heavy atom. The van der Waals surface area contributed by atoms with Gasteiger partial charge in [-0.3, -0.25) is 14.4 Å². The number of nitrogens with zero attached hydrogens (tertiary/aromatic N) is 3. The van der Waals surface area contributed by atoms with Crippen molar-refractivity contribution in [3.05, 3.63) is 64.6 Å². The third-order valence-corrected chi connectivity index (χ3v) is 4.51. The maximum atomic E-state index is 12.6. The summed E-state index contributed by atoms with van der Waals surface area (Å²) in [4.78, 5) is 38.5. The number of ether oxygens (including phenoxy) is 1. The van der Waals surface area contributed by atoms with Crippen molar-refractivity contribution >= 4 is 28.3 Å². The number of carbonyl (C=O) groups excluding carboxylic acids is 2. The fraction of sp³-hybridized carbons (Fsp3) is 0.238. The summed E-state index contributed by atoms with van der Waals surface area (Å²) in [6.07, 6.45) is -0.0163. The Labute approximate surface area is 167 Å². The normalized spacial score (nSPS) is 10.6. The van der Waals surface area contributed by atoms with Gasteiger partial charge in [-0.1, -0.05) is 24.3 Å². The molecule has 1 N–H and O–H groups in total. The molecular formula is C21H22N4O4. The quantitative estimate of drug-likeness (QED) is 0.685. The molecule has 0 aliphatic carbocycles. The largest absolute Gasteiger partial charge is 0.497 e. The molecule has 0 saturated heterocycles. The molecule has 0 aliphatic heterocycles. The highest BCUT2D eigenvalue weighted by Crippen LogP contribution is 2.17. The van der Waals surface area contributed by atoms with E-state index in [-0.39, 0.29) is 30.3 Å². The van der Waals surface area contributed by atoms with Gasteiger partial charge in [0.2, 0.25) is 11.8 Å². The second-order valence-corrected chi connectivity index (χ2v) is 6.63. The Balaban J connectivity index is 1.69. The van der Waals surface area contributed by atoms with Gasteiger partial charge in [0.05, 0.1) is 31.2 Å². The number of amides is 2. The Bertz CT molecular complexity index is 1120. The number of anilines is 1. The van der Waals surface area contributed by atoms with Gasteiger partial charge in [0.15, 0.2) is 0 Å². The van der Waals surface area contributed by atoms with E-state index >= 15 is 0 Å². The summed E-state index contributed by atoms with van der Waals surface area (Å²) in [5, 5.41) is 8.11. The number of carbonyl (C=O) groups is 2. The van der Waals surface area contributed by atoms with E-state index in [2.05, 4.69) is 10.4 Å². The third-order valence-electron chi connectivity index (χ3n) is 4.51. The van der Waals surface area contributed by atoms with Crippen LogP contribution in [0.25, 0.3) is 10.8 Å². The molecule has 150 valence electrons. The van der Waals surface area contributed by atoms with Crippen LogP contribution in [0, 0.1) is 0 Å². The molecule has 0 unspecified atom stereocenters. The van der Waals surface area contributed by atoms with Gasteiger partial charge in [0, 0.05) is 31.2 Å². The zero-order valence-corrected chi connectivity index (χ0v) is 16.5. The molecule has 0 bridgehead atoms. The van der Waals surface area contributed by atoms with E-state index < -0.39 is 0 Å². The topological polar surface area (TPSA) is 93.5 Å². The summed E-state index contributed by atoms with van der Waals surface area (Å²) in [7, 11) is 4.65. The first-order valence-electron chi connectivity index (χ1n) is 9.02. The first-order chi connectivity index (χ1) is 13.9. The lowest BCUT2D eigenvalue weighted by Crippen LogP contribution is -2.36. The van der Waals surface area contributed by atoms with Crippen molar-refractivity contribution in [3.63, 3.8) is 0 Å². The highest BCUT2D eigenvalue weighted by molar-refractivity contribution is 5.95. The van der Waals surface area contributed by atoms with Crippen LogP contribution in [0.5, 0.6) is 5.75 Å². The molecular weight excluding hydrogens is 372 g/mol. The van der Waals surface area contributed by atoms with Crippen LogP contribution in [0.3, 0.4) is 0 Å². The molecule has 2 amide bonds. The lowest BCUT2D eigenvalue weighted by atomic mass is 10.1. The number of rotatable bonds is 6. The van der Waals surface area contributed by atoms with Crippen molar-refractivity contribution in [2.24, 2.45) is 7.05 Å². The summed E-state index contributed by atoms with van der Waals surface area (Å²) in [5.41, 5.74) is 0.858. The molecule has 0 spiro atoms. The first kappa shape index (κ1) is 20.1. The Hall–Kier alpha value is -3.68. The van der Waals surface area contributed by atoms with Crippen molar-refractivity contribution in [3.8, 4) is 5.75 Å². The number of methoxy groups -OCH3 is 1. The zero-order chi connectivity index (χ0) is 21.0. The molecule has 3 aromatic rings. The van der Waals surface area contributed by atoms with Crippen molar-refractivity contribution < 1.29 is 14.3 Å². The highest BCUT2D eigenvalue weighted by atomic mass is 16.5. The third kappa shape index (κ3) is 4.60. The lowest BCUT2D eigenvalue weighted by Gasteiger charge is -2.17. The van der Waals surface area contributed by atoms with E-state index in [1.165, 1.54) is 9.58 Å². The summed E-state index contributed by atoms with van der Waals surface area (Å²) in [6, 6.07) is 14.0. The number of likely N-dealkylation sites (N-methyl/N-ethyl adjacent to an activating group) is 1. The number of benzene rings is 2. The predicted octanol–water partition coefficient (Wildman–Crippen LogP) is 1.58. The number of nitrogens with one attached hydrogen (secondary N) is 1. The molecule has 0 atom stereocenters. The second kappa shape index (κ2) is 8.55. The minimum atomic E-state index is -0.326. The SMILES string of the molecule is COc1cccc(NC(=O)CN(C)C(=O)Cc2nn(C)c(=O)c3ccccc23)c1. The van der Waals surface area contributed by atoms with Gasteiger partial charge in [-0.15, -0.1) is 0 Å². The molecule has 2 aromatic carbocycles. The molecule has 0 radical (unpaired) electrons. The van der Waals surface area contributed by atoms with Crippen LogP contribution < -0.4 is 15.6 Å². The molecule has 1 aromatic heterocycles. The first-order valence-corrected chi connectivity index (χ1v) is 9.02. The van der Waals surface area contributed by atoms with Crippen molar-refractivity contribution in [2.75, 3.05) is 26.0 Å². The molecule has 8 nitrogen and oxygen atoms in total. The maximum Gasteiger partial charge on any atom is 0.274 e. The second-order valence-electron chi connectivity index (χ2n) is 6.63. The van der Waals surface area contributed by atoms with Gasteiger partial charge in [-0.2, -0.15) is 5.10 Å². The van der Waals surface area contributed by atoms with Crippen LogP contribution in [-0.2, 0) is 23.1 Å². The van der Waals surface area contributed by atoms with Crippen molar-refractivity contribution in [1.29, 1.82) is 0 Å². The summed E-state index contributed by atoms with van der Waals surface area (Å²) >= 11 is 0. The van der Waals surface area contributed by atoms with Crippen LogP contribution in [0.15, 0.2) is 53.3 Å². The van der Waals surface area contributed by atoms with Gasteiger partial charge in [0.1, 0.15) is 5.75 Å². The van der Waals surface area contributed by atoms with Crippen LogP contribution in [0.2, 0.25) is 0 Å². The Morgan fingerprint density at radius 3 is 2.59 bits per heavy atom. The lowest BCUT2D eigenvalue weighted by molar-refractivity contribution is -0.132. The highest BCUT2D eigenvalue weighted by Gasteiger charge is 2.17. The molecule has 3 rings (SSSR count). The van der Waals surface area contributed by atoms with Gasteiger partial charge in [-0.25, -0.2) is 4.68 Å². The van der Waals surface area contributed by atoms with E-state index in [0.717, 1.165) is 0 Å². The summed E-state index contributed by atoms with van der Waals surface area (Å²) in [6.45, 7) is -0.111. The van der Waals surface area contributed by atoms with Crippen LogP contribution in [0.4, 0.5) is 5.69 Å². The fourth-order valence-electron chi connectivity index (χ4n) is 2.99. The van der Waals surface area contributed by atoms with E-state index in [4.69, 9.17) is 4.74 Å². The minimum Gasteiger partial charge on any atom is -0.497 e. The Kier molecular flexibility index (Phi) is 5.92. The van der Waals surface area contributed by atoms with Crippen LogP contribution in [-0.4, -0.2) is 47.2 Å². The molecule has 0 saturated carbocycles. The fourth-order valence-corrected chi connectivity index (χ4v) is 2.99. The van der Waals surface area contributed by atoms with Crippen molar-refractivity contribution in [1.82, 2.24) is 14.7 Å². The van der Waals surface area contributed by atoms with Crippen LogP contribution >= 0.6 is 0 Å². The number of aryl methyl sites for hydroxylation is 1. The van der Waals surface area contributed by atoms with Crippen molar-refractivity contribution in [2.45, 2.75) is 6.42 Å². The van der Waals surface area contributed by atoms with Gasteiger partial charge >= 0.3 is 0 Å². The standard InChI is InChI=1S/C21H22N4O4/c1-24(13-19(26)22-14-7-6-8-15(11-14)29-3)20(27)12-18-16-9-4-5-10-17(16)21(28)25(2)23-18/h4-11H,12-13H2,1-3H3,(H,22,26). The molecule has 8 heteroatoms. The van der Waals surface area contributed by atoms with Gasteiger partial charge < -0.3 is 15.0 Å². The molecule has 0 aliphatic rings. The van der Waals surface area contributed by atoms with E-state index in [0.29, 0.717) is 27.9 Å². The zero-order valence-electron chi connectivity index (χ0n) is 16.5. The smallest absolute Gasteiger partial charge is 0.274 e. The average Bonchev–Trinajstić information content (AvgIpc) is 2.71. The average molecular weight is 394 g/mol. The van der Waals surface area contributed by atoms with E-state index in [1.807, 2.05) is 0 Å². The van der Waals surface area contributed by atoms with Crippen LogP contribution in [0.1, 0.15) is 5.69 Å². The van der Waals surface area contributed by atoms with Gasteiger partial charge in [0.25, 0.3) is 5.56 Å². The summed E-state index contributed by atoms with van der Waals surface area (Å²) < 4.78 is 6.35. The molecule has 1 heterocycles. The van der Waals surface area contributed by atoms with E-state index in [1.54, 1.807) is 69.7 Å². The number of hydrogen-bond acceptors (Lipinski definition) is 5. The monoisotopic (exact) mass is 394 g/mol. The number of hydrogen-bond donors (Lipinski definition) is 1.